The summed E-state index contributed by atoms with van der Waals surface area (Å²) < 4.78 is 12.0. The van der Waals surface area contributed by atoms with Gasteiger partial charge in [0.1, 0.15) is 17.9 Å². The lowest BCUT2D eigenvalue weighted by Crippen LogP contribution is -2.00. The van der Waals surface area contributed by atoms with Gasteiger partial charge in [0.05, 0.1) is 0 Å². The van der Waals surface area contributed by atoms with Gasteiger partial charge in [-0.25, -0.2) is 0 Å². The molecule has 2 rings (SSSR count). The van der Waals surface area contributed by atoms with Crippen molar-refractivity contribution >= 4 is 26.9 Å². The van der Waals surface area contributed by atoms with E-state index in [1.54, 1.807) is 0 Å². The van der Waals surface area contributed by atoms with Crippen LogP contribution in [0.3, 0.4) is 0 Å². The molecular weight excluding hydrogens is 292 g/mol. The average molecular weight is 307 g/mol. The van der Waals surface area contributed by atoms with Gasteiger partial charge in [-0.3, -0.25) is 0 Å². The van der Waals surface area contributed by atoms with E-state index in [0.717, 1.165) is 38.9 Å². The molecule has 0 aliphatic heterocycles. The molecule has 0 N–H and O–H groups in total. The molecule has 0 unspecified atom stereocenters. The Morgan fingerprint density at radius 3 is 2.89 bits per heavy atom. The van der Waals surface area contributed by atoms with Gasteiger partial charge in [-0.2, -0.15) is 0 Å². The zero-order chi connectivity index (χ0) is 13.1. The van der Waals surface area contributed by atoms with Gasteiger partial charge >= 0.3 is 0 Å². The summed E-state index contributed by atoms with van der Waals surface area (Å²) in [5.74, 6) is 0.826. The molecule has 2 nitrogen and oxygen atoms in total. The molecule has 1 aromatic heterocycles. The Morgan fingerprint density at radius 1 is 1.44 bits per heavy atom. The maximum Gasteiger partial charge on any atom is 0.170 e. The van der Waals surface area contributed by atoms with Gasteiger partial charge in [0, 0.05) is 11.5 Å². The molecule has 0 spiro atoms. The molecule has 1 heterocycles. The zero-order valence-electron chi connectivity index (χ0n) is 10.3. The number of furan rings is 1. The predicted octanol–water partition coefficient (Wildman–Crippen LogP) is 4.88. The lowest BCUT2D eigenvalue weighted by Gasteiger charge is -2.10. The largest absolute Gasteiger partial charge is 0.489 e. The van der Waals surface area contributed by atoms with Crippen LogP contribution in [0.25, 0.3) is 11.0 Å². The van der Waals surface area contributed by atoms with Crippen molar-refractivity contribution < 1.29 is 9.15 Å². The summed E-state index contributed by atoms with van der Waals surface area (Å²) in [6.45, 7) is 10.1. The van der Waals surface area contributed by atoms with Crippen LogP contribution < -0.4 is 4.74 Å². The molecule has 18 heavy (non-hydrogen) atoms. The molecule has 94 valence electrons. The average Bonchev–Trinajstić information content (AvgIpc) is 2.65. The van der Waals surface area contributed by atoms with E-state index < -0.39 is 0 Å². The van der Waals surface area contributed by atoms with Gasteiger partial charge in [0.15, 0.2) is 4.67 Å². The molecular formula is C15H15BrO2. The standard InChI is InChI=1S/C15H15BrO2/c1-4-5-11-6-12-7-15(16)18-14(12)8-13(11)17-9-10(2)3/h4,6-8H,1-2,5,9H2,3H3. The highest BCUT2D eigenvalue weighted by Gasteiger charge is 2.09. The van der Waals surface area contributed by atoms with Gasteiger partial charge in [-0.15, -0.1) is 6.58 Å². The third kappa shape index (κ3) is 2.85. The van der Waals surface area contributed by atoms with Crippen LogP contribution in [0.15, 0.2) is 52.1 Å². The fourth-order valence-electron chi connectivity index (χ4n) is 1.73. The van der Waals surface area contributed by atoms with Crippen LogP contribution in [0.2, 0.25) is 0 Å². The van der Waals surface area contributed by atoms with Crippen molar-refractivity contribution in [2.24, 2.45) is 0 Å². The van der Waals surface area contributed by atoms with Crippen molar-refractivity contribution in [3.05, 3.63) is 53.2 Å². The lowest BCUT2D eigenvalue weighted by atomic mass is 10.1. The van der Waals surface area contributed by atoms with Gasteiger partial charge in [0.2, 0.25) is 0 Å². The van der Waals surface area contributed by atoms with E-state index in [1.165, 1.54) is 0 Å². The Hall–Kier alpha value is -1.48. The Morgan fingerprint density at radius 2 is 2.22 bits per heavy atom. The summed E-state index contributed by atoms with van der Waals surface area (Å²) in [4.78, 5) is 0. The summed E-state index contributed by atoms with van der Waals surface area (Å²) >= 11 is 3.33. The molecule has 0 saturated carbocycles. The highest BCUT2D eigenvalue weighted by molar-refractivity contribution is 9.10. The Labute approximate surface area is 115 Å². The van der Waals surface area contributed by atoms with Crippen molar-refractivity contribution in [3.8, 4) is 5.75 Å². The monoisotopic (exact) mass is 306 g/mol. The first-order valence-corrected chi connectivity index (χ1v) is 6.49. The third-order valence-electron chi connectivity index (χ3n) is 2.51. The van der Waals surface area contributed by atoms with Crippen molar-refractivity contribution in [1.82, 2.24) is 0 Å². The van der Waals surface area contributed by atoms with Crippen molar-refractivity contribution in [2.75, 3.05) is 6.61 Å². The Bertz CT molecular complexity index is 596. The van der Waals surface area contributed by atoms with Crippen LogP contribution in [0.1, 0.15) is 12.5 Å². The second-order valence-corrected chi connectivity index (χ2v) is 5.07. The second kappa shape index (κ2) is 5.44. The molecule has 1 aromatic carbocycles. The minimum atomic E-state index is 0.511. The van der Waals surface area contributed by atoms with Gasteiger partial charge < -0.3 is 9.15 Å². The van der Waals surface area contributed by atoms with Crippen molar-refractivity contribution in [3.63, 3.8) is 0 Å². The molecule has 0 fully saturated rings. The molecule has 0 saturated heterocycles. The van der Waals surface area contributed by atoms with Crippen LogP contribution in [-0.2, 0) is 6.42 Å². The fraction of sp³-hybridized carbons (Fsp3) is 0.200. The van der Waals surface area contributed by atoms with Crippen molar-refractivity contribution in [1.29, 1.82) is 0 Å². The summed E-state index contributed by atoms with van der Waals surface area (Å²) in [7, 11) is 0. The molecule has 0 bridgehead atoms. The van der Waals surface area contributed by atoms with Gasteiger partial charge in [0.25, 0.3) is 0 Å². The number of halogens is 1. The minimum Gasteiger partial charge on any atom is -0.489 e. The summed E-state index contributed by atoms with van der Waals surface area (Å²) in [6, 6.07) is 5.94. The maximum absolute atomic E-state index is 5.75. The maximum atomic E-state index is 5.75. The molecule has 2 aromatic rings. The second-order valence-electron chi connectivity index (χ2n) is 4.29. The van der Waals surface area contributed by atoms with Crippen molar-refractivity contribution in [2.45, 2.75) is 13.3 Å². The number of hydrogen-bond donors (Lipinski definition) is 0. The summed E-state index contributed by atoms with van der Waals surface area (Å²) in [5, 5.41) is 1.06. The lowest BCUT2D eigenvalue weighted by molar-refractivity contribution is 0.349. The van der Waals surface area contributed by atoms with E-state index in [-0.39, 0.29) is 0 Å². The number of allylic oxidation sites excluding steroid dienone is 1. The summed E-state index contributed by atoms with van der Waals surface area (Å²) in [5.41, 5.74) is 2.90. The topological polar surface area (TPSA) is 22.4 Å². The predicted molar refractivity (Wildman–Crippen MR) is 78.1 cm³/mol. The number of benzene rings is 1. The number of rotatable bonds is 5. The van der Waals surface area contributed by atoms with Gasteiger partial charge in [-0.05, 0) is 52.5 Å². The number of ether oxygens (including phenoxy) is 1. The van der Waals surface area contributed by atoms with Gasteiger partial charge in [-0.1, -0.05) is 12.7 Å². The van der Waals surface area contributed by atoms with E-state index in [1.807, 2.05) is 25.1 Å². The van der Waals surface area contributed by atoms with E-state index >= 15 is 0 Å². The molecule has 0 radical (unpaired) electrons. The first kappa shape index (κ1) is 13.0. The smallest absolute Gasteiger partial charge is 0.170 e. The van der Waals surface area contributed by atoms with E-state index in [4.69, 9.17) is 9.15 Å². The minimum absolute atomic E-state index is 0.511. The first-order valence-electron chi connectivity index (χ1n) is 5.70. The third-order valence-corrected chi connectivity index (χ3v) is 2.90. The molecule has 3 heteroatoms. The van der Waals surface area contributed by atoms with Crippen LogP contribution >= 0.6 is 15.9 Å². The molecule has 0 aliphatic carbocycles. The van der Waals surface area contributed by atoms with Crippen LogP contribution in [0.4, 0.5) is 0 Å². The van der Waals surface area contributed by atoms with Crippen LogP contribution in [0.5, 0.6) is 5.75 Å². The Kier molecular flexibility index (Phi) is 3.92. The van der Waals surface area contributed by atoms with E-state index in [0.29, 0.717) is 6.61 Å². The highest BCUT2D eigenvalue weighted by atomic mass is 79.9. The molecule has 0 aliphatic rings. The fourth-order valence-corrected chi connectivity index (χ4v) is 2.15. The van der Waals surface area contributed by atoms with E-state index in [2.05, 4.69) is 35.2 Å². The molecule has 0 amide bonds. The van der Waals surface area contributed by atoms with Crippen LogP contribution in [0, 0.1) is 0 Å². The Balaban J connectivity index is 2.42. The first-order chi connectivity index (χ1) is 8.60. The van der Waals surface area contributed by atoms with Crippen LogP contribution in [-0.4, -0.2) is 6.61 Å². The number of fused-ring (bicyclic) bond motifs is 1. The highest BCUT2D eigenvalue weighted by Crippen LogP contribution is 2.31. The van der Waals surface area contributed by atoms with E-state index in [9.17, 15) is 0 Å². The number of hydrogen-bond acceptors (Lipinski definition) is 2. The normalized spacial score (nSPS) is 10.6. The zero-order valence-corrected chi connectivity index (χ0v) is 11.9. The molecule has 0 atom stereocenters. The summed E-state index contributed by atoms with van der Waals surface area (Å²) in [6.07, 6.45) is 2.63. The quantitative estimate of drug-likeness (QED) is 0.735. The SMILES string of the molecule is C=CCc1cc2cc(Br)oc2cc1OCC(=C)C.